The van der Waals surface area contributed by atoms with Gasteiger partial charge in [0.2, 0.25) is 0 Å². The van der Waals surface area contributed by atoms with E-state index in [1.165, 1.54) is 6.92 Å². The van der Waals surface area contributed by atoms with E-state index in [0.717, 1.165) is 15.6 Å². The molecule has 0 spiro atoms. The Labute approximate surface area is 155 Å². The quantitative estimate of drug-likeness (QED) is 0.737. The van der Waals surface area contributed by atoms with Crippen LogP contribution in [0.4, 0.5) is 5.69 Å². The fourth-order valence-corrected chi connectivity index (χ4v) is 2.55. The summed E-state index contributed by atoms with van der Waals surface area (Å²) in [5, 5.41) is 2.76. The van der Waals surface area contributed by atoms with Crippen LogP contribution in [-0.4, -0.2) is 24.6 Å². The molecule has 0 aliphatic heterocycles. The van der Waals surface area contributed by atoms with Crippen LogP contribution in [0, 0.1) is 13.8 Å². The van der Waals surface area contributed by atoms with E-state index in [1.54, 1.807) is 18.2 Å². The number of aryl methyl sites for hydroxylation is 2. The van der Waals surface area contributed by atoms with Gasteiger partial charge in [0.15, 0.2) is 12.7 Å². The number of ether oxygens (including phenoxy) is 2. The molecule has 0 heterocycles. The predicted octanol–water partition coefficient (Wildman–Crippen LogP) is 4.02. The fraction of sp³-hybridized carbons (Fsp3) is 0.263. The van der Waals surface area contributed by atoms with Gasteiger partial charge in [0.1, 0.15) is 5.75 Å². The average Bonchev–Trinajstić information content (AvgIpc) is 2.55. The van der Waals surface area contributed by atoms with Gasteiger partial charge >= 0.3 is 5.97 Å². The number of anilines is 1. The third kappa shape index (κ3) is 5.90. The summed E-state index contributed by atoms with van der Waals surface area (Å²) in [6, 6.07) is 12.8. The average molecular weight is 406 g/mol. The Morgan fingerprint density at radius 2 is 1.92 bits per heavy atom. The maximum Gasteiger partial charge on any atom is 0.344 e. The molecule has 0 aromatic heterocycles. The van der Waals surface area contributed by atoms with Crippen molar-refractivity contribution in [3.8, 4) is 5.75 Å². The van der Waals surface area contributed by atoms with E-state index in [-0.39, 0.29) is 12.5 Å². The van der Waals surface area contributed by atoms with Crippen LogP contribution >= 0.6 is 15.9 Å². The molecule has 6 heteroatoms. The monoisotopic (exact) mass is 405 g/mol. The van der Waals surface area contributed by atoms with Gasteiger partial charge in [-0.25, -0.2) is 4.79 Å². The summed E-state index contributed by atoms with van der Waals surface area (Å²) >= 11 is 3.32. The van der Waals surface area contributed by atoms with Crippen LogP contribution in [0.2, 0.25) is 0 Å². The van der Waals surface area contributed by atoms with Gasteiger partial charge in [0.25, 0.3) is 5.91 Å². The van der Waals surface area contributed by atoms with Crippen molar-refractivity contribution in [1.29, 1.82) is 0 Å². The largest absolute Gasteiger partial charge is 0.482 e. The van der Waals surface area contributed by atoms with Crippen molar-refractivity contribution in [2.75, 3.05) is 11.9 Å². The van der Waals surface area contributed by atoms with Crippen LogP contribution in [0.15, 0.2) is 46.9 Å². The van der Waals surface area contributed by atoms with E-state index < -0.39 is 12.1 Å². The zero-order chi connectivity index (χ0) is 18.4. The molecule has 132 valence electrons. The summed E-state index contributed by atoms with van der Waals surface area (Å²) in [7, 11) is 0. The number of carbonyl (C=O) groups excluding carboxylic acids is 2. The lowest BCUT2D eigenvalue weighted by molar-refractivity contribution is -0.155. The molecule has 1 atom stereocenters. The summed E-state index contributed by atoms with van der Waals surface area (Å²) in [6.07, 6.45) is -0.917. The highest BCUT2D eigenvalue weighted by molar-refractivity contribution is 9.10. The first kappa shape index (κ1) is 19.0. The summed E-state index contributed by atoms with van der Waals surface area (Å²) in [4.78, 5) is 24.0. The van der Waals surface area contributed by atoms with Gasteiger partial charge in [0, 0.05) is 10.2 Å². The number of nitrogens with one attached hydrogen (secondary N) is 1. The second-order valence-corrected chi connectivity index (χ2v) is 6.60. The SMILES string of the molecule is Cc1ccc(NC(=O)C(C)OC(=O)COc2cccc(Br)c2)c(C)c1. The normalized spacial score (nSPS) is 11.5. The summed E-state index contributed by atoms with van der Waals surface area (Å²) in [5.74, 6) is -0.454. The van der Waals surface area contributed by atoms with E-state index in [2.05, 4.69) is 21.2 Å². The number of halogens is 1. The number of rotatable bonds is 6. The Bertz CT molecular complexity index is 776. The minimum atomic E-state index is -0.917. The number of benzene rings is 2. The van der Waals surface area contributed by atoms with Crippen LogP contribution in [0.5, 0.6) is 5.75 Å². The zero-order valence-corrected chi connectivity index (χ0v) is 15.9. The molecular weight excluding hydrogens is 386 g/mol. The van der Waals surface area contributed by atoms with Gasteiger partial charge < -0.3 is 14.8 Å². The molecule has 0 fully saturated rings. The number of hydrogen-bond donors (Lipinski definition) is 1. The minimum Gasteiger partial charge on any atom is -0.482 e. The second-order valence-electron chi connectivity index (χ2n) is 5.69. The van der Waals surface area contributed by atoms with Crippen molar-refractivity contribution in [3.63, 3.8) is 0 Å². The van der Waals surface area contributed by atoms with Crippen molar-refractivity contribution >= 4 is 33.5 Å². The third-order valence-electron chi connectivity index (χ3n) is 3.47. The number of amides is 1. The summed E-state index contributed by atoms with van der Waals surface area (Å²) < 4.78 is 11.3. The van der Waals surface area contributed by atoms with Crippen molar-refractivity contribution in [2.45, 2.75) is 26.9 Å². The minimum absolute atomic E-state index is 0.266. The number of carbonyl (C=O) groups is 2. The van der Waals surface area contributed by atoms with Crippen LogP contribution in [0.3, 0.4) is 0 Å². The number of esters is 1. The Morgan fingerprint density at radius 3 is 2.60 bits per heavy atom. The van der Waals surface area contributed by atoms with Crippen LogP contribution < -0.4 is 10.1 Å². The summed E-state index contributed by atoms with van der Waals surface area (Å²) in [5.41, 5.74) is 2.76. The van der Waals surface area contributed by atoms with Crippen molar-refractivity contribution in [3.05, 3.63) is 58.1 Å². The first-order chi connectivity index (χ1) is 11.8. The second kappa shape index (κ2) is 8.67. The maximum atomic E-state index is 12.2. The smallest absolute Gasteiger partial charge is 0.344 e. The lowest BCUT2D eigenvalue weighted by Crippen LogP contribution is -2.31. The van der Waals surface area contributed by atoms with Crippen LogP contribution in [0.1, 0.15) is 18.1 Å². The molecule has 25 heavy (non-hydrogen) atoms. The molecule has 1 N–H and O–H groups in total. The molecule has 1 amide bonds. The highest BCUT2D eigenvalue weighted by atomic mass is 79.9. The Morgan fingerprint density at radius 1 is 1.16 bits per heavy atom. The lowest BCUT2D eigenvalue weighted by atomic mass is 10.1. The Balaban J connectivity index is 1.84. The molecule has 0 aliphatic rings. The van der Waals surface area contributed by atoms with E-state index in [4.69, 9.17) is 9.47 Å². The topological polar surface area (TPSA) is 64.6 Å². The molecule has 0 bridgehead atoms. The fourth-order valence-electron chi connectivity index (χ4n) is 2.17. The van der Waals surface area contributed by atoms with Crippen molar-refractivity contribution < 1.29 is 19.1 Å². The molecule has 0 saturated heterocycles. The van der Waals surface area contributed by atoms with Gasteiger partial charge in [-0.2, -0.15) is 0 Å². The molecule has 2 rings (SSSR count). The van der Waals surface area contributed by atoms with Crippen molar-refractivity contribution in [1.82, 2.24) is 0 Å². The molecule has 1 unspecified atom stereocenters. The molecule has 0 saturated carbocycles. The molecular formula is C19H20BrNO4. The first-order valence-electron chi connectivity index (χ1n) is 7.81. The van der Waals surface area contributed by atoms with E-state index >= 15 is 0 Å². The van der Waals surface area contributed by atoms with Gasteiger partial charge in [-0.1, -0.05) is 39.7 Å². The van der Waals surface area contributed by atoms with Gasteiger partial charge in [-0.15, -0.1) is 0 Å². The Hall–Kier alpha value is -2.34. The first-order valence-corrected chi connectivity index (χ1v) is 8.60. The molecule has 2 aromatic carbocycles. The maximum absolute atomic E-state index is 12.2. The lowest BCUT2D eigenvalue weighted by Gasteiger charge is -2.15. The molecule has 0 radical (unpaired) electrons. The number of hydrogen-bond acceptors (Lipinski definition) is 4. The van der Waals surface area contributed by atoms with Crippen LogP contribution in [-0.2, 0) is 14.3 Å². The molecule has 0 aliphatic carbocycles. The van der Waals surface area contributed by atoms with E-state index in [0.29, 0.717) is 11.4 Å². The van der Waals surface area contributed by atoms with Gasteiger partial charge in [0.05, 0.1) is 0 Å². The Kier molecular flexibility index (Phi) is 6.58. The summed E-state index contributed by atoms with van der Waals surface area (Å²) in [6.45, 7) is 5.15. The zero-order valence-electron chi connectivity index (χ0n) is 14.3. The van der Waals surface area contributed by atoms with Gasteiger partial charge in [-0.3, -0.25) is 4.79 Å². The van der Waals surface area contributed by atoms with E-state index in [9.17, 15) is 9.59 Å². The van der Waals surface area contributed by atoms with Crippen molar-refractivity contribution in [2.24, 2.45) is 0 Å². The predicted molar refractivity (Wildman–Crippen MR) is 99.7 cm³/mol. The third-order valence-corrected chi connectivity index (χ3v) is 3.96. The standard InChI is InChI=1S/C19H20BrNO4/c1-12-7-8-17(13(2)9-12)21-19(23)14(3)25-18(22)11-24-16-6-4-5-15(20)10-16/h4-10,14H,11H2,1-3H3,(H,21,23). The highest BCUT2D eigenvalue weighted by Crippen LogP contribution is 2.18. The highest BCUT2D eigenvalue weighted by Gasteiger charge is 2.19. The van der Waals surface area contributed by atoms with Gasteiger partial charge in [-0.05, 0) is 50.6 Å². The van der Waals surface area contributed by atoms with Crippen LogP contribution in [0.25, 0.3) is 0 Å². The molecule has 5 nitrogen and oxygen atoms in total. The van der Waals surface area contributed by atoms with E-state index in [1.807, 2.05) is 38.1 Å². The molecule has 2 aromatic rings.